The minimum absolute atomic E-state index is 0.0406. The molecule has 0 aliphatic carbocycles. The summed E-state index contributed by atoms with van der Waals surface area (Å²) >= 11 is 2.42. The van der Waals surface area contributed by atoms with Gasteiger partial charge in [-0.1, -0.05) is 56.5 Å². The summed E-state index contributed by atoms with van der Waals surface area (Å²) < 4.78 is 16.3. The summed E-state index contributed by atoms with van der Waals surface area (Å²) in [5, 5.41) is 7.23. The van der Waals surface area contributed by atoms with Crippen molar-refractivity contribution in [2.45, 2.75) is 117 Å². The molecule has 1 rings (SSSR count). The Kier molecular flexibility index (Phi) is 22.4. The summed E-state index contributed by atoms with van der Waals surface area (Å²) in [6, 6.07) is -1.09. The molecule has 0 aliphatic rings. The molecule has 16 heteroatoms. The molecule has 0 unspecified atom stereocenters. The van der Waals surface area contributed by atoms with Crippen molar-refractivity contribution < 1.29 is 43.0 Å². The summed E-state index contributed by atoms with van der Waals surface area (Å²) in [4.78, 5) is 82.0. The van der Waals surface area contributed by atoms with Gasteiger partial charge in [0, 0.05) is 30.4 Å². The van der Waals surface area contributed by atoms with E-state index in [4.69, 9.17) is 14.2 Å². The van der Waals surface area contributed by atoms with Crippen LogP contribution in [-0.4, -0.2) is 107 Å². The first kappa shape index (κ1) is 48.6. The number of thioether (sulfide) groups is 1. The van der Waals surface area contributed by atoms with E-state index < -0.39 is 57.6 Å². The first-order valence-electron chi connectivity index (χ1n) is 18.3. The van der Waals surface area contributed by atoms with Gasteiger partial charge in [0.1, 0.15) is 34.1 Å². The Morgan fingerprint density at radius 1 is 1.07 bits per heavy atom. The zero-order valence-corrected chi connectivity index (χ0v) is 36.2. The van der Waals surface area contributed by atoms with E-state index in [1.165, 1.54) is 43.6 Å². The third kappa shape index (κ3) is 21.5. The molecule has 0 radical (unpaired) electrons. The Labute approximate surface area is 331 Å². The predicted molar refractivity (Wildman–Crippen MR) is 219 cm³/mol. The average Bonchev–Trinajstić information content (AvgIpc) is 3.56. The smallest absolute Gasteiger partial charge is 0.408 e. The normalized spacial score (nSPS) is 13.5. The number of allylic oxidation sites excluding steroid dienone is 2. The van der Waals surface area contributed by atoms with Crippen LogP contribution in [0, 0.1) is 0 Å². The number of hydrogen-bond acceptors (Lipinski definition) is 12. The quantitative estimate of drug-likeness (QED) is 0.0394. The Morgan fingerprint density at radius 2 is 1.76 bits per heavy atom. The summed E-state index contributed by atoms with van der Waals surface area (Å²) in [6.45, 7) is 10.7. The Balaban J connectivity index is 2.85. The molecule has 306 valence electrons. The topological polar surface area (TPSA) is 170 Å². The number of carbonyl (C=O) groups excluding carboxylic acids is 6. The van der Waals surface area contributed by atoms with E-state index in [1.54, 1.807) is 39.8 Å². The second kappa shape index (κ2) is 24.9. The zero-order chi connectivity index (χ0) is 40.9. The van der Waals surface area contributed by atoms with Gasteiger partial charge in [-0.25, -0.2) is 24.6 Å². The van der Waals surface area contributed by atoms with E-state index in [1.807, 2.05) is 0 Å². The number of rotatable bonds is 23. The molecule has 0 bridgehead atoms. The second-order valence-electron chi connectivity index (χ2n) is 14.5. The molecule has 0 saturated heterocycles. The number of esters is 2. The van der Waals surface area contributed by atoms with Gasteiger partial charge in [0.2, 0.25) is 0 Å². The molecule has 13 nitrogen and oxygen atoms in total. The van der Waals surface area contributed by atoms with Gasteiger partial charge in [0.15, 0.2) is 5.12 Å². The highest BCUT2D eigenvalue weighted by Gasteiger charge is 2.29. The molecule has 1 aromatic heterocycles. The van der Waals surface area contributed by atoms with Gasteiger partial charge in [-0.15, -0.1) is 11.3 Å². The summed E-state index contributed by atoms with van der Waals surface area (Å²) in [5.41, 5.74) is -0.709. The van der Waals surface area contributed by atoms with E-state index >= 15 is 0 Å². The van der Waals surface area contributed by atoms with Crippen molar-refractivity contribution >= 4 is 68.1 Å². The van der Waals surface area contributed by atoms with Crippen LogP contribution in [0.4, 0.5) is 4.79 Å². The van der Waals surface area contributed by atoms with Crippen LogP contribution >= 0.6 is 33.1 Å². The number of ether oxygens (including phenoxy) is 3. The molecule has 0 aliphatic heterocycles. The van der Waals surface area contributed by atoms with Crippen molar-refractivity contribution in [1.82, 2.24) is 20.5 Å². The maximum Gasteiger partial charge on any atom is 0.408 e. The zero-order valence-electron chi connectivity index (χ0n) is 33.7. The van der Waals surface area contributed by atoms with Gasteiger partial charge in [0.25, 0.3) is 11.8 Å². The Morgan fingerprint density at radius 3 is 2.39 bits per heavy atom. The molecule has 54 heavy (non-hydrogen) atoms. The van der Waals surface area contributed by atoms with Crippen LogP contribution in [0.2, 0.25) is 0 Å². The predicted octanol–water partition coefficient (Wildman–Crippen LogP) is 6.75. The number of carbonyl (C=O) groups is 6. The van der Waals surface area contributed by atoms with E-state index in [9.17, 15) is 28.8 Å². The van der Waals surface area contributed by atoms with Gasteiger partial charge in [-0.05, 0) is 72.3 Å². The van der Waals surface area contributed by atoms with Crippen molar-refractivity contribution in [3.63, 3.8) is 0 Å². The number of nitrogens with one attached hydrogen (secondary N) is 2. The Bertz CT molecular complexity index is 1450. The second-order valence-corrected chi connectivity index (χ2v) is 21.2. The molecule has 2 N–H and O–H groups in total. The largest absolute Gasteiger partial charge is 0.465 e. The van der Waals surface area contributed by atoms with Crippen molar-refractivity contribution in [2.75, 3.05) is 43.9 Å². The van der Waals surface area contributed by atoms with Crippen LogP contribution in [0.15, 0.2) is 29.3 Å². The standard InChI is InChI=1S/C38H62N4O9S3/c1-11-13-14-15-16-20-33(44)52-22-18-17-19-28(24-32(43)49-21-23-54(8,9)10)50-36(47)27(3)42(7)35(46)29(12-2)41-34(45)30-26-53-31(40-30)25-39-37(48)51-38(4,5)6/h12,17,19,26-28H,11,13-16,18,20-25H2,1-10H3,(H,39,48)(H,41,45)/b19-17+,29-12-/t27-,28+/m0/s1. The van der Waals surface area contributed by atoms with Crippen LogP contribution in [-0.2, 0) is 39.9 Å². The minimum atomic E-state index is -1.09. The lowest BCUT2D eigenvalue weighted by molar-refractivity contribution is -0.158. The number of nitrogens with zero attached hydrogens (tertiary/aromatic N) is 2. The number of alkyl carbamates (subject to hydrolysis) is 1. The molecular formula is C38H62N4O9S3. The van der Waals surface area contributed by atoms with Crippen LogP contribution in [0.3, 0.4) is 0 Å². The molecule has 1 heterocycles. The average molecular weight is 815 g/mol. The number of aromatic nitrogens is 1. The first-order valence-corrected chi connectivity index (χ1v) is 23.2. The summed E-state index contributed by atoms with van der Waals surface area (Å²) in [5.74, 6) is -1.28. The van der Waals surface area contributed by atoms with Crippen LogP contribution in [0.25, 0.3) is 0 Å². The minimum Gasteiger partial charge on any atom is -0.465 e. The highest BCUT2D eigenvalue weighted by molar-refractivity contribution is 8.32. The molecule has 0 aromatic carbocycles. The highest BCUT2D eigenvalue weighted by atomic mass is 32.3. The number of likely N-dealkylation sites (N-methyl/N-ethyl adjacent to an activating group) is 1. The van der Waals surface area contributed by atoms with Gasteiger partial charge >= 0.3 is 18.0 Å². The molecule has 3 amide bonds. The van der Waals surface area contributed by atoms with Gasteiger partial charge in [-0.2, -0.15) is 0 Å². The van der Waals surface area contributed by atoms with E-state index in [-0.39, 0.29) is 36.1 Å². The van der Waals surface area contributed by atoms with Gasteiger partial charge in [0.05, 0.1) is 19.6 Å². The fourth-order valence-electron chi connectivity index (χ4n) is 4.38. The number of hydrogen-bond donors (Lipinski definition) is 2. The fourth-order valence-corrected chi connectivity index (χ4v) is 6.44. The highest BCUT2D eigenvalue weighted by Crippen LogP contribution is 2.33. The van der Waals surface area contributed by atoms with Crippen molar-refractivity contribution in [2.24, 2.45) is 0 Å². The van der Waals surface area contributed by atoms with Crippen LogP contribution in [0.5, 0.6) is 0 Å². The SMILES string of the molecule is C/C=C(\NC(=O)c1csc(CNC(=O)OC(C)(C)C)n1)C(=O)N(C)[C@@H](C)C(=O)O[C@H](/C=C/CCSC(=O)CCCCCCC)CC(=O)OCCS(C)(C)C. The third-order valence-corrected chi connectivity index (χ3v) is 10.8. The number of amides is 3. The number of thiazole rings is 1. The third-order valence-electron chi connectivity index (χ3n) is 7.55. The van der Waals surface area contributed by atoms with Crippen molar-refractivity contribution in [3.05, 3.63) is 40.0 Å². The molecule has 2 atom stereocenters. The van der Waals surface area contributed by atoms with Crippen molar-refractivity contribution in [3.8, 4) is 0 Å². The molecule has 0 fully saturated rings. The molecule has 0 saturated carbocycles. The molecule has 0 spiro atoms. The summed E-state index contributed by atoms with van der Waals surface area (Å²) in [7, 11) is 0.530. The van der Waals surface area contributed by atoms with E-state index in [2.05, 4.69) is 41.3 Å². The monoisotopic (exact) mass is 814 g/mol. The lowest BCUT2D eigenvalue weighted by Crippen LogP contribution is -2.45. The lowest BCUT2D eigenvalue weighted by atomic mass is 10.1. The van der Waals surface area contributed by atoms with Gasteiger partial charge in [-0.3, -0.25) is 19.2 Å². The Hall–Kier alpha value is -3.37. The maximum absolute atomic E-state index is 13.4. The lowest BCUT2D eigenvalue weighted by Gasteiger charge is -2.26. The number of unbranched alkanes of at least 4 members (excludes halogenated alkanes) is 4. The van der Waals surface area contributed by atoms with Crippen LogP contribution in [0.1, 0.15) is 108 Å². The van der Waals surface area contributed by atoms with E-state index in [0.717, 1.165) is 47.7 Å². The van der Waals surface area contributed by atoms with Crippen LogP contribution < -0.4 is 10.6 Å². The van der Waals surface area contributed by atoms with Gasteiger partial charge < -0.3 is 29.7 Å². The molecule has 1 aromatic rings. The van der Waals surface area contributed by atoms with E-state index in [0.29, 0.717) is 23.6 Å². The summed E-state index contributed by atoms with van der Waals surface area (Å²) in [6.07, 6.45) is 15.9. The molecular weight excluding hydrogens is 753 g/mol. The first-order chi connectivity index (χ1) is 25.3. The fraction of sp³-hybridized carbons (Fsp3) is 0.658. The van der Waals surface area contributed by atoms with Crippen molar-refractivity contribution in [1.29, 1.82) is 0 Å². The maximum atomic E-state index is 13.4.